The van der Waals surface area contributed by atoms with Crippen molar-refractivity contribution in [1.82, 2.24) is 49.0 Å². The first-order chi connectivity index (χ1) is 52.6. The normalized spacial score (nSPS) is 11.6. The molecule has 0 radical (unpaired) electrons. The second kappa shape index (κ2) is 42.2. The van der Waals surface area contributed by atoms with Crippen molar-refractivity contribution in [1.29, 1.82) is 0 Å². The van der Waals surface area contributed by atoms with Crippen LogP contribution in [-0.2, 0) is 85.0 Å². The molecule has 0 aliphatic carbocycles. The molecule has 10 rings (SSSR count). The lowest BCUT2D eigenvalue weighted by Gasteiger charge is -2.27. The van der Waals surface area contributed by atoms with Crippen molar-refractivity contribution >= 4 is 20.0 Å². The maximum Gasteiger partial charge on any atom is 0.244 e. The number of tetrazole rings is 2. The zero-order chi connectivity index (χ0) is 76.7. The van der Waals surface area contributed by atoms with Crippen molar-refractivity contribution in [2.24, 2.45) is 0 Å². The molecule has 10 aromatic rings. The van der Waals surface area contributed by atoms with E-state index in [4.69, 9.17) is 33.5 Å². The number of benzene rings is 8. The molecular formula is C82H102N10O14S2. The predicted octanol–water partition coefficient (Wildman–Crippen LogP) is 12.4. The van der Waals surface area contributed by atoms with E-state index in [1.54, 1.807) is 47.3 Å². The largest absolute Gasteiger partial charge is 0.497 e. The van der Waals surface area contributed by atoms with Gasteiger partial charge in [-0.3, -0.25) is 0 Å². The fraction of sp³-hybridized carbons (Fsp3) is 0.390. The average molecular weight is 1520 g/mol. The van der Waals surface area contributed by atoms with E-state index in [0.29, 0.717) is 128 Å². The van der Waals surface area contributed by atoms with Gasteiger partial charge in [-0.25, -0.2) is 21.5 Å². The smallest absolute Gasteiger partial charge is 0.244 e. The molecule has 0 spiro atoms. The Kier molecular flexibility index (Phi) is 32.2. The fourth-order valence-electron chi connectivity index (χ4n) is 12.8. The summed E-state index contributed by atoms with van der Waals surface area (Å²) in [5, 5.41) is 64.6. The van der Waals surface area contributed by atoms with Gasteiger partial charge in [0.2, 0.25) is 25.9 Å². The number of aryl methyl sites for hydroxylation is 4. The van der Waals surface area contributed by atoms with Crippen molar-refractivity contribution in [2.75, 3.05) is 69.1 Å². The summed E-state index contributed by atoms with van der Waals surface area (Å²) in [5.41, 5.74) is 8.86. The van der Waals surface area contributed by atoms with E-state index in [2.05, 4.69) is 25.8 Å². The van der Waals surface area contributed by atoms with Crippen LogP contribution in [0.2, 0.25) is 0 Å². The third-order valence-electron chi connectivity index (χ3n) is 18.7. The van der Waals surface area contributed by atoms with Crippen LogP contribution >= 0.6 is 0 Å². The van der Waals surface area contributed by atoms with E-state index in [9.17, 15) is 20.4 Å². The van der Waals surface area contributed by atoms with Crippen LogP contribution in [0, 0.1) is 0 Å². The third-order valence-corrected chi connectivity index (χ3v) is 22.6. The topological polar surface area (TPSA) is 298 Å². The summed E-state index contributed by atoms with van der Waals surface area (Å²) >= 11 is 0. The van der Waals surface area contributed by atoms with Crippen LogP contribution in [0.5, 0.6) is 34.5 Å². The molecule has 24 nitrogen and oxygen atoms in total. The van der Waals surface area contributed by atoms with E-state index in [-0.39, 0.29) is 68.2 Å². The molecule has 108 heavy (non-hydrogen) atoms. The summed E-state index contributed by atoms with van der Waals surface area (Å²) in [5.74, 6) is 4.73. The Morgan fingerprint density at radius 2 is 0.630 bits per heavy atom. The minimum Gasteiger partial charge on any atom is -0.497 e. The van der Waals surface area contributed by atoms with Gasteiger partial charge in [0.15, 0.2) is 5.82 Å². The first-order valence-electron chi connectivity index (χ1n) is 36.7. The fourth-order valence-corrected chi connectivity index (χ4v) is 16.5. The van der Waals surface area contributed by atoms with Gasteiger partial charge in [-0.2, -0.15) is 13.4 Å². The minimum atomic E-state index is -4.26. The zero-order valence-electron chi connectivity index (χ0n) is 62.7. The number of nitrogens with zero attached hydrogens (tertiary/aromatic N) is 10. The summed E-state index contributed by atoms with van der Waals surface area (Å²) in [4.78, 5) is 1.82. The highest BCUT2D eigenvalue weighted by atomic mass is 32.2. The van der Waals surface area contributed by atoms with Crippen LogP contribution in [0.25, 0.3) is 22.8 Å². The number of hydrogen-bond acceptors (Lipinski definition) is 20. The summed E-state index contributed by atoms with van der Waals surface area (Å²) in [6.45, 7) is 1.34. The Labute approximate surface area is 634 Å². The number of methoxy groups -OCH3 is 6. The monoisotopic (exact) mass is 1510 g/mol. The van der Waals surface area contributed by atoms with Crippen molar-refractivity contribution in [2.45, 2.75) is 152 Å². The van der Waals surface area contributed by atoms with Gasteiger partial charge in [0.25, 0.3) is 0 Å². The second-order valence-corrected chi connectivity index (χ2v) is 30.0. The van der Waals surface area contributed by atoms with Crippen molar-refractivity contribution in [3.63, 3.8) is 0 Å². The minimum absolute atomic E-state index is 0.0703. The highest BCUT2D eigenvalue weighted by Crippen LogP contribution is 2.40. The standard InChI is InChI=1S/2C41H51N5O7S/c1-51-36-20-12-31(13-21-36)28-45(29-32-14-22-37(52-2)23-15-32)54(49,50)40-35(11-7-5-9-27-48)19-18-34(10-6-4-8-26-47)39(40)41-42-43-44-46(41)30-33-16-24-38(53-3)25-17-33;1-51-36-20-12-31(13-21-36)28-45(29-32-14-22-37(52-2)23-15-32)54(49,50)40-35(11-7-5-9-27-48)19-18-34(10-6-4-8-26-47)39(40)41-42-44-46(43-41)30-33-16-24-38(53-3)25-17-33/h2*12-25,47-48H,4-11,26-30H2,1-3H3. The summed E-state index contributed by atoms with van der Waals surface area (Å²) in [6, 6.07) is 52.6. The van der Waals surface area contributed by atoms with E-state index in [1.165, 1.54) is 13.4 Å². The lowest BCUT2D eigenvalue weighted by atomic mass is 9.96. The van der Waals surface area contributed by atoms with Crippen molar-refractivity contribution < 1.29 is 65.7 Å². The molecule has 0 aliphatic heterocycles. The number of aliphatic hydroxyl groups excluding tert-OH is 4. The maximum absolute atomic E-state index is 15.6. The predicted molar refractivity (Wildman–Crippen MR) is 414 cm³/mol. The summed E-state index contributed by atoms with van der Waals surface area (Å²) in [7, 11) is 1.10. The summed E-state index contributed by atoms with van der Waals surface area (Å²) in [6.07, 6.45) is 10.5. The molecule has 26 heteroatoms. The van der Waals surface area contributed by atoms with Gasteiger partial charge in [-0.1, -0.05) is 123 Å². The molecule has 4 N–H and O–H groups in total. The molecule has 576 valence electrons. The third kappa shape index (κ3) is 23.0. The quantitative estimate of drug-likeness (QED) is 0.0258. The van der Waals surface area contributed by atoms with Gasteiger partial charge in [0.1, 0.15) is 34.5 Å². The zero-order valence-corrected chi connectivity index (χ0v) is 64.3. The van der Waals surface area contributed by atoms with E-state index in [1.807, 2.05) is 170 Å². The number of aromatic nitrogens is 8. The van der Waals surface area contributed by atoms with Crippen molar-refractivity contribution in [3.8, 4) is 57.3 Å². The Bertz CT molecular complexity index is 4490. The number of rotatable bonds is 44. The van der Waals surface area contributed by atoms with Gasteiger partial charge in [-0.15, -0.1) is 15.3 Å². The lowest BCUT2D eigenvalue weighted by molar-refractivity contribution is 0.283. The maximum atomic E-state index is 15.6. The van der Waals surface area contributed by atoms with Gasteiger partial charge in [-0.05, 0) is 221 Å². The molecule has 0 aliphatic rings. The SMILES string of the molecule is COc1ccc(CN(Cc2ccc(OC)cc2)S(=O)(=O)c2c(CCCCCO)ccc(CCCCCO)c2-c2nnn(Cc3ccc(OC)cc3)n2)cc1.COc1ccc(CN(Cc2ccc(OC)cc2)S(=O)(=O)c2c(CCCCCO)ccc(CCCCCO)c2-c2nnnn2Cc2ccc(OC)cc2)cc1. The number of ether oxygens (including phenoxy) is 6. The van der Waals surface area contributed by atoms with Gasteiger partial charge in [0.05, 0.1) is 65.5 Å². The molecule has 0 unspecified atom stereocenters. The molecule has 0 amide bonds. The van der Waals surface area contributed by atoms with Crippen LogP contribution in [0.3, 0.4) is 0 Å². The molecule has 0 atom stereocenters. The van der Waals surface area contributed by atoms with Crippen LogP contribution in [0.15, 0.2) is 180 Å². The Balaban J connectivity index is 0.000000249. The first-order valence-corrected chi connectivity index (χ1v) is 39.5. The summed E-state index contributed by atoms with van der Waals surface area (Å²) < 4.78 is 99.0. The number of aliphatic hydroxyl groups is 4. The molecule has 0 fully saturated rings. The number of unbranched alkanes of at least 4 members (excludes halogenated alkanes) is 8. The van der Waals surface area contributed by atoms with Crippen LogP contribution < -0.4 is 28.4 Å². The highest BCUT2D eigenvalue weighted by molar-refractivity contribution is 7.89. The van der Waals surface area contributed by atoms with E-state index < -0.39 is 20.0 Å². The Morgan fingerprint density at radius 3 is 0.963 bits per heavy atom. The van der Waals surface area contributed by atoms with E-state index >= 15 is 16.8 Å². The Hall–Kier alpha value is -9.64. The van der Waals surface area contributed by atoms with Crippen LogP contribution in [0.1, 0.15) is 133 Å². The van der Waals surface area contributed by atoms with E-state index in [0.717, 1.165) is 94.5 Å². The van der Waals surface area contributed by atoms with Crippen LogP contribution in [-0.4, -0.2) is 155 Å². The first kappa shape index (κ1) is 82.4. The van der Waals surface area contributed by atoms with Gasteiger partial charge in [0, 0.05) is 63.7 Å². The van der Waals surface area contributed by atoms with Gasteiger partial charge >= 0.3 is 0 Å². The molecule has 2 heterocycles. The molecule has 0 saturated carbocycles. The molecule has 0 saturated heterocycles. The Morgan fingerprint density at radius 1 is 0.333 bits per heavy atom. The highest BCUT2D eigenvalue weighted by Gasteiger charge is 2.36. The molecule has 2 aromatic heterocycles. The van der Waals surface area contributed by atoms with Gasteiger partial charge < -0.3 is 48.8 Å². The molecule has 0 bridgehead atoms. The molecule has 8 aromatic carbocycles. The number of hydrogen-bond donors (Lipinski definition) is 4. The second-order valence-electron chi connectivity index (χ2n) is 26.3. The number of sulfonamides is 2. The van der Waals surface area contributed by atoms with Crippen LogP contribution in [0.4, 0.5) is 0 Å². The van der Waals surface area contributed by atoms with Crippen molar-refractivity contribution in [3.05, 3.63) is 225 Å². The molecular weight excluding hydrogens is 1410 g/mol. The lowest BCUT2D eigenvalue weighted by Crippen LogP contribution is -2.32. The average Bonchev–Trinajstić information content (AvgIpc) is 1.09.